The third-order valence-corrected chi connectivity index (χ3v) is 6.79. The number of aromatic nitrogens is 2. The molecule has 0 saturated carbocycles. The van der Waals surface area contributed by atoms with Crippen molar-refractivity contribution in [1.82, 2.24) is 19.8 Å². The minimum absolute atomic E-state index is 0.0118. The van der Waals surface area contributed by atoms with Gasteiger partial charge in [0.05, 0.1) is 10.9 Å². The second kappa shape index (κ2) is 8.60. The fourth-order valence-corrected chi connectivity index (χ4v) is 4.69. The molecule has 1 amide bonds. The van der Waals surface area contributed by atoms with Crippen molar-refractivity contribution in [3.63, 3.8) is 0 Å². The first-order valence-electron chi connectivity index (χ1n) is 10.2. The van der Waals surface area contributed by atoms with E-state index in [1.54, 1.807) is 55.5 Å². The van der Waals surface area contributed by atoms with E-state index < -0.39 is 16.1 Å². The Balaban J connectivity index is 1.51. The van der Waals surface area contributed by atoms with Crippen LogP contribution in [0.2, 0.25) is 0 Å². The Bertz CT molecular complexity index is 1180. The molecule has 9 heteroatoms. The maximum absolute atomic E-state index is 12.6. The lowest BCUT2D eigenvalue weighted by Gasteiger charge is -2.15. The Morgan fingerprint density at radius 3 is 2.55 bits per heavy atom. The van der Waals surface area contributed by atoms with Gasteiger partial charge in [0.1, 0.15) is 0 Å². The van der Waals surface area contributed by atoms with E-state index in [9.17, 15) is 13.2 Å². The predicted molar refractivity (Wildman–Crippen MR) is 115 cm³/mol. The second-order valence-electron chi connectivity index (χ2n) is 7.69. The standard InChI is InChI=1S/C22H24N4O4S/c1-15-8-10-19(11-9-15)31(28,29)25-16(2)21-23-20(24-30-21)17-6-5-7-18(14-17)22(27)26-12-3-4-13-26/h5-11,14,16,25H,3-4,12-13H2,1-2H3/t16-/m0/s1. The molecule has 1 aliphatic heterocycles. The van der Waals surface area contributed by atoms with Gasteiger partial charge in [-0.1, -0.05) is 35.0 Å². The van der Waals surface area contributed by atoms with Gasteiger partial charge in [-0.15, -0.1) is 0 Å². The summed E-state index contributed by atoms with van der Waals surface area (Å²) in [5.41, 5.74) is 2.17. The highest BCUT2D eigenvalue weighted by Gasteiger charge is 2.24. The average molecular weight is 441 g/mol. The molecule has 2 heterocycles. The SMILES string of the molecule is Cc1ccc(S(=O)(=O)N[C@@H](C)c2nc(-c3cccc(C(=O)N4CCCC4)c3)no2)cc1. The lowest BCUT2D eigenvalue weighted by atomic mass is 10.1. The highest BCUT2D eigenvalue weighted by molar-refractivity contribution is 7.89. The van der Waals surface area contributed by atoms with Crippen molar-refractivity contribution in [1.29, 1.82) is 0 Å². The Hall–Kier alpha value is -3.04. The number of aryl methyl sites for hydroxylation is 1. The number of carbonyl (C=O) groups is 1. The summed E-state index contributed by atoms with van der Waals surface area (Å²) in [5, 5.41) is 3.97. The molecule has 1 atom stereocenters. The normalized spacial score (nSPS) is 15.2. The summed E-state index contributed by atoms with van der Waals surface area (Å²) in [6, 6.07) is 12.9. The van der Waals surface area contributed by atoms with Crippen LogP contribution >= 0.6 is 0 Å². The quantitative estimate of drug-likeness (QED) is 0.630. The van der Waals surface area contributed by atoms with Gasteiger partial charge >= 0.3 is 0 Å². The lowest BCUT2D eigenvalue weighted by molar-refractivity contribution is 0.0793. The molecule has 0 radical (unpaired) electrons. The van der Waals surface area contributed by atoms with Gasteiger partial charge in [-0.2, -0.15) is 9.71 Å². The smallest absolute Gasteiger partial charge is 0.253 e. The van der Waals surface area contributed by atoms with Gasteiger partial charge in [0.25, 0.3) is 5.91 Å². The maximum Gasteiger partial charge on any atom is 0.253 e. The largest absolute Gasteiger partial charge is 0.339 e. The Morgan fingerprint density at radius 2 is 1.84 bits per heavy atom. The van der Waals surface area contributed by atoms with E-state index in [0.717, 1.165) is 31.5 Å². The number of sulfonamides is 1. The number of rotatable bonds is 6. The van der Waals surface area contributed by atoms with Gasteiger partial charge < -0.3 is 9.42 Å². The second-order valence-corrected chi connectivity index (χ2v) is 9.41. The molecule has 1 aromatic heterocycles. The Kier molecular flexibility index (Phi) is 5.88. The van der Waals surface area contributed by atoms with Crippen molar-refractivity contribution in [2.75, 3.05) is 13.1 Å². The predicted octanol–water partition coefficient (Wildman–Crippen LogP) is 3.32. The zero-order valence-electron chi connectivity index (χ0n) is 17.4. The minimum atomic E-state index is -3.74. The molecular weight excluding hydrogens is 416 g/mol. The number of hydrogen-bond donors (Lipinski definition) is 1. The zero-order chi connectivity index (χ0) is 22.0. The highest BCUT2D eigenvalue weighted by Crippen LogP contribution is 2.22. The molecule has 0 bridgehead atoms. The summed E-state index contributed by atoms with van der Waals surface area (Å²) in [7, 11) is -3.74. The number of likely N-dealkylation sites (tertiary alicyclic amines) is 1. The third kappa shape index (κ3) is 4.67. The summed E-state index contributed by atoms with van der Waals surface area (Å²) in [4.78, 5) is 19.0. The van der Waals surface area contributed by atoms with Gasteiger partial charge in [0, 0.05) is 24.2 Å². The Morgan fingerprint density at radius 1 is 1.13 bits per heavy atom. The molecule has 162 valence electrons. The molecule has 1 N–H and O–H groups in total. The van der Waals surface area contributed by atoms with Crippen molar-refractivity contribution in [2.45, 2.75) is 37.6 Å². The first-order valence-corrected chi connectivity index (χ1v) is 11.6. The molecule has 1 fully saturated rings. The van der Waals surface area contributed by atoms with Gasteiger partial charge in [-0.05, 0) is 51.0 Å². The molecular formula is C22H24N4O4S. The molecule has 8 nitrogen and oxygen atoms in total. The summed E-state index contributed by atoms with van der Waals surface area (Å²) in [6.45, 7) is 5.07. The number of nitrogens with one attached hydrogen (secondary N) is 1. The summed E-state index contributed by atoms with van der Waals surface area (Å²) in [6.07, 6.45) is 2.05. The van der Waals surface area contributed by atoms with Crippen molar-refractivity contribution in [3.05, 3.63) is 65.5 Å². The molecule has 1 saturated heterocycles. The number of amides is 1. The van der Waals surface area contributed by atoms with Crippen LogP contribution < -0.4 is 4.72 Å². The number of hydrogen-bond acceptors (Lipinski definition) is 6. The lowest BCUT2D eigenvalue weighted by Crippen LogP contribution is -2.27. The fraction of sp³-hybridized carbons (Fsp3) is 0.318. The first-order chi connectivity index (χ1) is 14.8. The van der Waals surface area contributed by atoms with Crippen LogP contribution in [0.15, 0.2) is 57.9 Å². The fourth-order valence-electron chi connectivity index (χ4n) is 3.49. The molecule has 0 unspecified atom stereocenters. The molecule has 2 aromatic carbocycles. The van der Waals surface area contributed by atoms with Crippen LogP contribution in [0.1, 0.15) is 47.6 Å². The van der Waals surface area contributed by atoms with Crippen LogP contribution in [-0.2, 0) is 10.0 Å². The van der Waals surface area contributed by atoms with Crippen LogP contribution in [0.25, 0.3) is 11.4 Å². The van der Waals surface area contributed by atoms with Crippen molar-refractivity contribution in [3.8, 4) is 11.4 Å². The highest BCUT2D eigenvalue weighted by atomic mass is 32.2. The maximum atomic E-state index is 12.6. The summed E-state index contributed by atoms with van der Waals surface area (Å²) in [5.74, 6) is 0.428. The summed E-state index contributed by atoms with van der Waals surface area (Å²) < 4.78 is 33.1. The van der Waals surface area contributed by atoms with E-state index in [0.29, 0.717) is 17.0 Å². The first kappa shape index (κ1) is 21.2. The van der Waals surface area contributed by atoms with E-state index in [2.05, 4.69) is 14.9 Å². The van der Waals surface area contributed by atoms with Gasteiger partial charge in [0.15, 0.2) is 0 Å². The van der Waals surface area contributed by atoms with E-state index >= 15 is 0 Å². The van der Waals surface area contributed by atoms with Crippen molar-refractivity contribution in [2.24, 2.45) is 0 Å². The number of nitrogens with zero attached hydrogens (tertiary/aromatic N) is 3. The van der Waals surface area contributed by atoms with E-state index in [1.807, 2.05) is 11.8 Å². The molecule has 3 aromatic rings. The molecule has 1 aliphatic rings. The number of carbonyl (C=O) groups excluding carboxylic acids is 1. The van der Waals surface area contributed by atoms with Crippen LogP contribution in [-0.4, -0.2) is 42.5 Å². The van der Waals surface area contributed by atoms with Gasteiger partial charge in [-0.3, -0.25) is 4.79 Å². The van der Waals surface area contributed by atoms with Crippen LogP contribution in [0.4, 0.5) is 0 Å². The number of benzene rings is 2. The molecule has 4 rings (SSSR count). The average Bonchev–Trinajstić information content (AvgIpc) is 3.46. The van der Waals surface area contributed by atoms with E-state index in [-0.39, 0.29) is 16.7 Å². The van der Waals surface area contributed by atoms with Crippen LogP contribution in [0, 0.1) is 6.92 Å². The molecule has 0 aliphatic carbocycles. The summed E-state index contributed by atoms with van der Waals surface area (Å²) >= 11 is 0. The Labute approximate surface area is 181 Å². The van der Waals surface area contributed by atoms with Gasteiger partial charge in [-0.25, -0.2) is 8.42 Å². The van der Waals surface area contributed by atoms with Crippen LogP contribution in [0.5, 0.6) is 0 Å². The van der Waals surface area contributed by atoms with Gasteiger partial charge in [0.2, 0.25) is 21.7 Å². The zero-order valence-corrected chi connectivity index (χ0v) is 18.2. The van der Waals surface area contributed by atoms with E-state index in [4.69, 9.17) is 4.52 Å². The topological polar surface area (TPSA) is 105 Å². The third-order valence-electron chi connectivity index (χ3n) is 5.24. The monoisotopic (exact) mass is 440 g/mol. The van der Waals surface area contributed by atoms with Crippen LogP contribution in [0.3, 0.4) is 0 Å². The van der Waals surface area contributed by atoms with E-state index in [1.165, 1.54) is 0 Å². The van der Waals surface area contributed by atoms with Crippen molar-refractivity contribution < 1.29 is 17.7 Å². The minimum Gasteiger partial charge on any atom is -0.339 e. The molecule has 0 spiro atoms. The molecule has 31 heavy (non-hydrogen) atoms. The van der Waals surface area contributed by atoms with Crippen molar-refractivity contribution >= 4 is 15.9 Å².